The molecule has 4 aromatic rings. The third-order valence-electron chi connectivity index (χ3n) is 5.24. The molecule has 2 N–H and O–H groups in total. The normalized spacial score (nSPS) is 15.7. The van der Waals surface area contributed by atoms with Crippen LogP contribution in [0.3, 0.4) is 0 Å². The van der Waals surface area contributed by atoms with Gasteiger partial charge in [0.1, 0.15) is 17.7 Å². The predicted octanol–water partition coefficient (Wildman–Crippen LogP) is 2.11. The number of anilines is 1. The summed E-state index contributed by atoms with van der Waals surface area (Å²) < 4.78 is 6.37. The molecule has 0 saturated heterocycles. The van der Waals surface area contributed by atoms with Crippen molar-refractivity contribution in [3.05, 3.63) is 59.3 Å². The Balaban J connectivity index is 1.63. The number of nitrogens with zero attached hydrogens (tertiary/aromatic N) is 5. The lowest BCUT2D eigenvalue weighted by molar-refractivity contribution is -0.116. The number of aryl methyl sites for hydroxylation is 1. The summed E-state index contributed by atoms with van der Waals surface area (Å²) in [5.41, 5.74) is 4.19. The smallest absolute Gasteiger partial charge is 0.337 e. The van der Waals surface area contributed by atoms with E-state index in [4.69, 9.17) is 4.74 Å². The Hall–Kier alpha value is -4.08. The van der Waals surface area contributed by atoms with E-state index in [-0.39, 0.29) is 18.2 Å². The number of fused-ring (bicyclic) bond motifs is 2. The number of benzene rings is 1. The number of rotatable bonds is 3. The molecule has 0 saturated carbocycles. The molecule has 150 valence electrons. The van der Waals surface area contributed by atoms with E-state index < -0.39 is 5.97 Å². The maximum Gasteiger partial charge on any atom is 0.337 e. The summed E-state index contributed by atoms with van der Waals surface area (Å²) in [6, 6.07) is 7.08. The molecule has 10 nitrogen and oxygen atoms in total. The van der Waals surface area contributed by atoms with Gasteiger partial charge in [0.15, 0.2) is 11.5 Å². The van der Waals surface area contributed by atoms with Crippen LogP contribution >= 0.6 is 0 Å². The third-order valence-corrected chi connectivity index (χ3v) is 5.24. The number of methoxy groups -OCH3 is 1. The number of imidazole rings is 1. The van der Waals surface area contributed by atoms with E-state index in [1.807, 2.05) is 19.1 Å². The van der Waals surface area contributed by atoms with E-state index in [1.165, 1.54) is 19.8 Å². The Kier molecular flexibility index (Phi) is 4.05. The first-order valence-corrected chi connectivity index (χ1v) is 9.29. The monoisotopic (exact) mass is 403 g/mol. The van der Waals surface area contributed by atoms with Crippen molar-refractivity contribution in [2.45, 2.75) is 19.3 Å². The van der Waals surface area contributed by atoms with Gasteiger partial charge >= 0.3 is 5.97 Å². The van der Waals surface area contributed by atoms with Crippen LogP contribution in [-0.2, 0) is 9.53 Å². The Morgan fingerprint density at radius 2 is 2.00 bits per heavy atom. The fourth-order valence-electron chi connectivity index (χ4n) is 3.87. The molecular formula is C20H17N7O3. The molecule has 1 atom stereocenters. The molecule has 0 fully saturated rings. The maximum absolute atomic E-state index is 12.6. The highest BCUT2D eigenvalue weighted by atomic mass is 16.5. The Morgan fingerprint density at radius 1 is 1.20 bits per heavy atom. The molecule has 1 aromatic carbocycles. The van der Waals surface area contributed by atoms with Gasteiger partial charge in [0.05, 0.1) is 24.7 Å². The summed E-state index contributed by atoms with van der Waals surface area (Å²) in [7, 11) is 1.34. The van der Waals surface area contributed by atoms with Crippen LogP contribution in [0.25, 0.3) is 17.0 Å². The van der Waals surface area contributed by atoms with Crippen molar-refractivity contribution in [1.29, 1.82) is 0 Å². The molecule has 0 bridgehead atoms. The molecule has 1 unspecified atom stereocenters. The summed E-state index contributed by atoms with van der Waals surface area (Å²) in [5.74, 6) is 0.345. The van der Waals surface area contributed by atoms with Crippen LogP contribution in [0.15, 0.2) is 36.9 Å². The molecule has 0 spiro atoms. The molecular weight excluding hydrogens is 386 g/mol. The van der Waals surface area contributed by atoms with Crippen molar-refractivity contribution in [2.75, 3.05) is 12.4 Å². The highest BCUT2D eigenvalue weighted by molar-refractivity contribution is 5.95. The van der Waals surface area contributed by atoms with Gasteiger partial charge in [-0.1, -0.05) is 12.1 Å². The minimum atomic E-state index is -0.403. The fourth-order valence-corrected chi connectivity index (χ4v) is 3.87. The zero-order chi connectivity index (χ0) is 20.8. The standard InChI is InChI=1S/C20H17N7O3/c1-10-15-13(11-3-5-12(6-4-11)20(29)30-2)7-14(28)25-18(15)27(26-10)19-16-17(22-8-21-16)23-9-24-19/h3-6,8-9,13H,7H2,1-2H3,(H,25,28)(H,21,22,23,24). The Bertz CT molecular complexity index is 1290. The van der Waals surface area contributed by atoms with Crippen molar-refractivity contribution in [3.63, 3.8) is 0 Å². The molecule has 30 heavy (non-hydrogen) atoms. The first-order chi connectivity index (χ1) is 14.6. The number of hydrogen-bond acceptors (Lipinski definition) is 7. The number of carbonyl (C=O) groups excluding carboxylic acids is 2. The van der Waals surface area contributed by atoms with Crippen LogP contribution in [0.5, 0.6) is 0 Å². The highest BCUT2D eigenvalue weighted by Gasteiger charge is 2.33. The van der Waals surface area contributed by atoms with Gasteiger partial charge in [-0.2, -0.15) is 9.78 Å². The zero-order valence-corrected chi connectivity index (χ0v) is 16.2. The van der Waals surface area contributed by atoms with E-state index in [0.29, 0.717) is 28.4 Å². The average molecular weight is 403 g/mol. The number of esters is 1. The van der Waals surface area contributed by atoms with Crippen LogP contribution in [0.2, 0.25) is 0 Å². The van der Waals surface area contributed by atoms with Crippen molar-refractivity contribution < 1.29 is 14.3 Å². The van der Waals surface area contributed by atoms with Crippen molar-refractivity contribution in [1.82, 2.24) is 29.7 Å². The molecule has 1 aliphatic heterocycles. The van der Waals surface area contributed by atoms with Gasteiger partial charge in [-0.25, -0.2) is 19.7 Å². The minimum absolute atomic E-state index is 0.124. The second-order valence-corrected chi connectivity index (χ2v) is 6.98. The van der Waals surface area contributed by atoms with Gasteiger partial charge in [-0.05, 0) is 24.6 Å². The number of hydrogen-bond donors (Lipinski definition) is 2. The van der Waals surface area contributed by atoms with Crippen LogP contribution in [0, 0.1) is 6.92 Å². The maximum atomic E-state index is 12.6. The van der Waals surface area contributed by atoms with E-state index in [9.17, 15) is 9.59 Å². The Morgan fingerprint density at radius 3 is 2.77 bits per heavy atom. The molecule has 1 aliphatic rings. The summed E-state index contributed by atoms with van der Waals surface area (Å²) >= 11 is 0. The average Bonchev–Trinajstić information content (AvgIpc) is 3.37. The van der Waals surface area contributed by atoms with Gasteiger partial charge in [-0.3, -0.25) is 4.79 Å². The number of H-pyrrole nitrogens is 1. The zero-order valence-electron chi connectivity index (χ0n) is 16.2. The van der Waals surface area contributed by atoms with E-state index in [0.717, 1.165) is 16.8 Å². The van der Waals surface area contributed by atoms with E-state index in [2.05, 4.69) is 30.4 Å². The lowest BCUT2D eigenvalue weighted by atomic mass is 9.85. The lowest BCUT2D eigenvalue weighted by Gasteiger charge is -2.24. The van der Waals surface area contributed by atoms with Gasteiger partial charge in [-0.15, -0.1) is 0 Å². The predicted molar refractivity (Wildman–Crippen MR) is 106 cm³/mol. The summed E-state index contributed by atoms with van der Waals surface area (Å²) in [4.78, 5) is 40.0. The number of carbonyl (C=O) groups is 2. The molecule has 0 aliphatic carbocycles. The highest BCUT2D eigenvalue weighted by Crippen LogP contribution is 2.40. The molecule has 3 aromatic heterocycles. The van der Waals surface area contributed by atoms with Crippen molar-refractivity contribution in [3.8, 4) is 5.82 Å². The fraction of sp³-hybridized carbons (Fsp3) is 0.200. The molecule has 1 amide bonds. The van der Waals surface area contributed by atoms with E-state index >= 15 is 0 Å². The summed E-state index contributed by atoms with van der Waals surface area (Å²) in [5, 5.41) is 7.59. The van der Waals surface area contributed by atoms with Crippen molar-refractivity contribution >= 4 is 28.9 Å². The second-order valence-electron chi connectivity index (χ2n) is 6.98. The molecule has 5 rings (SSSR count). The van der Waals surface area contributed by atoms with Gasteiger partial charge in [0, 0.05) is 17.9 Å². The number of amides is 1. The van der Waals surface area contributed by atoms with Gasteiger partial charge < -0.3 is 15.0 Å². The molecule has 10 heteroatoms. The number of nitrogens with one attached hydrogen (secondary N) is 2. The second kappa shape index (κ2) is 6.76. The van der Waals surface area contributed by atoms with Crippen molar-refractivity contribution in [2.24, 2.45) is 0 Å². The summed E-state index contributed by atoms with van der Waals surface area (Å²) in [6.45, 7) is 1.90. The van der Waals surface area contributed by atoms with Crippen LogP contribution in [0.1, 0.15) is 39.5 Å². The SMILES string of the molecule is COC(=O)c1ccc(C2CC(=O)Nc3c2c(C)nn3-c2ncnc3nc[nH]c23)cc1. The van der Waals surface area contributed by atoms with Crippen LogP contribution < -0.4 is 5.32 Å². The van der Waals surface area contributed by atoms with Gasteiger partial charge in [0.2, 0.25) is 5.91 Å². The summed E-state index contributed by atoms with van der Waals surface area (Å²) in [6.07, 6.45) is 3.23. The topological polar surface area (TPSA) is 128 Å². The minimum Gasteiger partial charge on any atom is -0.465 e. The third kappa shape index (κ3) is 2.72. The van der Waals surface area contributed by atoms with Crippen LogP contribution in [0.4, 0.5) is 5.82 Å². The number of aromatic nitrogens is 6. The van der Waals surface area contributed by atoms with Crippen LogP contribution in [-0.4, -0.2) is 48.7 Å². The lowest BCUT2D eigenvalue weighted by Crippen LogP contribution is -2.25. The quantitative estimate of drug-likeness (QED) is 0.501. The Labute approximate surface area is 170 Å². The largest absolute Gasteiger partial charge is 0.465 e. The first-order valence-electron chi connectivity index (χ1n) is 9.29. The van der Waals surface area contributed by atoms with Gasteiger partial charge in [0.25, 0.3) is 0 Å². The molecule has 0 radical (unpaired) electrons. The van der Waals surface area contributed by atoms with E-state index in [1.54, 1.807) is 16.8 Å². The number of aromatic amines is 1. The number of ether oxygens (including phenoxy) is 1. The molecule has 4 heterocycles. The first kappa shape index (κ1) is 18.0.